The second-order valence-electron chi connectivity index (χ2n) is 39.4. The van der Waals surface area contributed by atoms with Crippen LogP contribution >= 0.6 is 0 Å². The largest absolute Gasteiger partial charge is 0.455 e. The van der Waals surface area contributed by atoms with E-state index in [0.717, 1.165) is 112 Å². The maximum absolute atomic E-state index is 6.64. The molecule has 0 aliphatic heterocycles. The molecule has 0 saturated carbocycles. The fourth-order valence-electron chi connectivity index (χ4n) is 22.0. The SMILES string of the molecule is CC1(C)c2cc3c4cc(-c5nc(-c6ccccc6)nc(-c6ccc7c(c6)c6cc8c(cc6n7-c6ccccc6)C(C)(Cc6ccc(-n7c9ccc(-c%10nc(-c%11ccccc%11)nc(-c%11cccc%12c%11oc%11ccccc%11%12)n%10)cc9c9cc%10c(cc97)C(C)(C)C(C)(C)C%10(C)C)cc6)C(C)(C)C8(C)C)n5)ccc4n(-c4ccccc4)c3cc2C(C)(C)C1(C)C. The van der Waals surface area contributed by atoms with Gasteiger partial charge in [-0.05, 0) is 228 Å². The number of nitrogens with zero attached hydrogens (tertiary/aromatic N) is 9. The molecule has 1 unspecified atom stereocenters. The predicted molar refractivity (Wildman–Crippen MR) is 500 cm³/mol. The first-order valence-electron chi connectivity index (χ1n) is 43.0. The Kier molecular flexibility index (Phi) is 15.6. The molecule has 22 rings (SSSR count). The van der Waals surface area contributed by atoms with E-state index >= 15 is 0 Å². The molecule has 0 bridgehead atoms. The molecule has 10 heteroatoms. The lowest BCUT2D eigenvalue weighted by Crippen LogP contribution is -2.45. The molecule has 6 heterocycles. The lowest BCUT2D eigenvalue weighted by molar-refractivity contribution is 0.111. The first-order valence-corrected chi connectivity index (χ1v) is 43.0. The lowest BCUT2D eigenvalue weighted by atomic mass is 9.57. The minimum atomic E-state index is -0.313. The number of rotatable bonds is 11. The van der Waals surface area contributed by atoms with Crippen molar-refractivity contribution in [2.45, 2.75) is 157 Å². The average Bonchev–Trinajstić information content (AvgIpc) is 1.53. The van der Waals surface area contributed by atoms with Gasteiger partial charge in [-0.2, -0.15) is 0 Å². The van der Waals surface area contributed by atoms with Crippen molar-refractivity contribution in [3.05, 3.63) is 318 Å². The van der Waals surface area contributed by atoms with Gasteiger partial charge in [0, 0.05) is 93.4 Å². The molecule has 0 N–H and O–H groups in total. The molecular weight excluding hydrogens is 1480 g/mol. The summed E-state index contributed by atoms with van der Waals surface area (Å²) >= 11 is 0. The van der Waals surface area contributed by atoms with E-state index in [1.165, 1.54) is 71.7 Å². The molecule has 0 saturated heterocycles. The Labute approximate surface area is 707 Å². The maximum Gasteiger partial charge on any atom is 0.167 e. The monoisotopic (exact) mass is 1570 g/mol. The molecule has 3 aliphatic carbocycles. The number of hydrogen-bond donors (Lipinski definition) is 0. The molecule has 1 atom stereocenters. The zero-order chi connectivity index (χ0) is 83.4. The van der Waals surface area contributed by atoms with Crippen LogP contribution in [-0.4, -0.2) is 43.6 Å². The summed E-state index contributed by atoms with van der Waals surface area (Å²) in [5.74, 6) is 3.62. The fourth-order valence-corrected chi connectivity index (χ4v) is 22.0. The van der Waals surface area contributed by atoms with Crippen molar-refractivity contribution in [3.8, 4) is 85.4 Å². The second kappa shape index (κ2) is 25.3. The normalized spacial score (nSPS) is 18.1. The van der Waals surface area contributed by atoms with E-state index in [1.54, 1.807) is 0 Å². The van der Waals surface area contributed by atoms with E-state index in [0.29, 0.717) is 34.9 Å². The van der Waals surface area contributed by atoms with Crippen molar-refractivity contribution < 1.29 is 4.42 Å². The van der Waals surface area contributed by atoms with Gasteiger partial charge in [0.1, 0.15) is 11.2 Å². The summed E-state index contributed by atoms with van der Waals surface area (Å²) in [6.45, 7) is 41.8. The van der Waals surface area contributed by atoms with Crippen LogP contribution < -0.4 is 0 Å². The van der Waals surface area contributed by atoms with E-state index in [1.807, 2.05) is 30.3 Å². The molecular formula is C111H99N9O. The van der Waals surface area contributed by atoms with Gasteiger partial charge in [0.15, 0.2) is 34.9 Å². The molecule has 0 radical (unpaired) electrons. The van der Waals surface area contributed by atoms with Crippen LogP contribution in [0.4, 0.5) is 0 Å². The van der Waals surface area contributed by atoms with Gasteiger partial charge in [0.05, 0.1) is 38.7 Å². The van der Waals surface area contributed by atoms with E-state index in [2.05, 4.69) is 380 Å². The fraction of sp³-hybridized carbons (Fsp3) is 0.243. The Bertz CT molecular complexity index is 7600. The van der Waals surface area contributed by atoms with Crippen molar-refractivity contribution in [2.24, 2.45) is 16.2 Å². The summed E-state index contributed by atoms with van der Waals surface area (Å²) in [6, 6.07) is 102. The summed E-state index contributed by atoms with van der Waals surface area (Å²) < 4.78 is 14.1. The van der Waals surface area contributed by atoms with Crippen LogP contribution in [0.15, 0.2) is 283 Å². The highest BCUT2D eigenvalue weighted by molar-refractivity contribution is 6.15. The molecule has 6 aromatic heterocycles. The summed E-state index contributed by atoms with van der Waals surface area (Å²) in [5, 5.41) is 9.15. The third kappa shape index (κ3) is 10.2. The number of fused-ring (bicyclic) bond motifs is 15. The van der Waals surface area contributed by atoms with Gasteiger partial charge in [0.2, 0.25) is 0 Å². The maximum atomic E-state index is 6.64. The summed E-state index contributed by atoms with van der Waals surface area (Å²) in [7, 11) is 0. The van der Waals surface area contributed by atoms with E-state index in [-0.39, 0.29) is 48.7 Å². The second-order valence-corrected chi connectivity index (χ2v) is 39.4. The number of para-hydroxylation sites is 4. The number of furan rings is 1. The van der Waals surface area contributed by atoms with E-state index in [9.17, 15) is 0 Å². The molecule has 10 nitrogen and oxygen atoms in total. The van der Waals surface area contributed by atoms with Crippen LogP contribution in [0.1, 0.15) is 157 Å². The zero-order valence-corrected chi connectivity index (χ0v) is 72.2. The third-order valence-corrected chi connectivity index (χ3v) is 32.4. The third-order valence-electron chi connectivity index (χ3n) is 32.4. The van der Waals surface area contributed by atoms with Crippen LogP contribution in [0.5, 0.6) is 0 Å². The topological polar surface area (TPSA) is 105 Å². The highest BCUT2D eigenvalue weighted by Crippen LogP contribution is 2.66. The Hall–Kier alpha value is -12.9. The van der Waals surface area contributed by atoms with Crippen LogP contribution in [-0.2, 0) is 38.9 Å². The van der Waals surface area contributed by atoms with Gasteiger partial charge in [-0.3, -0.25) is 0 Å². The molecule has 0 spiro atoms. The molecule has 13 aromatic carbocycles. The highest BCUT2D eigenvalue weighted by Gasteiger charge is 2.61. The minimum absolute atomic E-state index is 0.00168. The van der Waals surface area contributed by atoms with Crippen molar-refractivity contribution >= 4 is 87.4 Å². The Balaban J connectivity index is 0.662. The summed E-state index contributed by atoms with van der Waals surface area (Å²) in [6.07, 6.45) is 0.828. The van der Waals surface area contributed by atoms with Crippen molar-refractivity contribution in [3.63, 3.8) is 0 Å². The Morgan fingerprint density at radius 2 is 0.562 bits per heavy atom. The van der Waals surface area contributed by atoms with Gasteiger partial charge in [0.25, 0.3) is 0 Å². The Morgan fingerprint density at radius 3 is 0.983 bits per heavy atom. The quantitative estimate of drug-likeness (QED) is 0.127. The zero-order valence-electron chi connectivity index (χ0n) is 72.2. The van der Waals surface area contributed by atoms with Crippen LogP contribution in [0.2, 0.25) is 0 Å². The number of aromatic nitrogens is 9. The van der Waals surface area contributed by atoms with Crippen LogP contribution in [0, 0.1) is 16.2 Å². The molecule has 3 aliphatic rings. The average molecular weight is 1580 g/mol. The molecule has 19 aromatic rings. The first kappa shape index (κ1) is 74.4. The predicted octanol–water partition coefficient (Wildman–Crippen LogP) is 28.3. The van der Waals surface area contributed by atoms with Crippen molar-refractivity contribution in [1.29, 1.82) is 0 Å². The van der Waals surface area contributed by atoms with Crippen molar-refractivity contribution in [1.82, 2.24) is 43.6 Å². The van der Waals surface area contributed by atoms with Crippen molar-refractivity contribution in [2.75, 3.05) is 0 Å². The van der Waals surface area contributed by atoms with E-state index < -0.39 is 0 Å². The highest BCUT2D eigenvalue weighted by atomic mass is 16.3. The van der Waals surface area contributed by atoms with Gasteiger partial charge in [-0.15, -0.1) is 0 Å². The smallest absolute Gasteiger partial charge is 0.167 e. The summed E-state index contributed by atoms with van der Waals surface area (Å²) in [5.41, 5.74) is 25.7. The number of benzene rings is 13. The lowest BCUT2D eigenvalue weighted by Gasteiger charge is -2.47. The van der Waals surface area contributed by atoms with Crippen LogP contribution in [0.25, 0.3) is 173 Å². The van der Waals surface area contributed by atoms with Crippen LogP contribution in [0.3, 0.4) is 0 Å². The molecule has 121 heavy (non-hydrogen) atoms. The molecule has 0 amide bonds. The molecule has 0 fully saturated rings. The van der Waals surface area contributed by atoms with Gasteiger partial charge in [-0.1, -0.05) is 257 Å². The first-order chi connectivity index (χ1) is 57.9. The van der Waals surface area contributed by atoms with Gasteiger partial charge >= 0.3 is 0 Å². The van der Waals surface area contributed by atoms with Gasteiger partial charge in [-0.25, -0.2) is 29.9 Å². The minimum Gasteiger partial charge on any atom is -0.455 e. The van der Waals surface area contributed by atoms with E-state index in [4.69, 9.17) is 34.3 Å². The standard InChI is InChI=1S/C111H99N9O/c1-103(2)83-58-80-77-55-68(47-52-89(77)118(71-37-26-20-27-38-71)92(80)61-86(83)105(5,6)108(103,11)12)99-112-97(66-33-22-18-23-34-66)113-100(115-99)69-48-53-90-79(56-69)82-60-85-88(63-94(82)119(90)72-39-28-21-29-40-72)111(17,110(15,16)107(85,9)10)64-65-45-50-73(51-46-65)120-91-54-49-70(57-78(91)81-59-84-87(62-93(81)120)106(7,8)109(13,14)104(84,3)4)101-114-98(67-35-24-19-25-36-67)116-102(117-101)76-43-32-42-75-74-41-30-31-44-95(74)121-96(75)76/h18-63H,64H2,1-17H3. The molecule has 594 valence electrons. The summed E-state index contributed by atoms with van der Waals surface area (Å²) in [4.78, 5) is 32.3. The van der Waals surface area contributed by atoms with Gasteiger partial charge < -0.3 is 18.1 Å². The number of hydrogen-bond acceptors (Lipinski definition) is 7. The Morgan fingerprint density at radius 1 is 0.240 bits per heavy atom.